The molecule has 3 aromatic carbocycles. The quantitative estimate of drug-likeness (QED) is 0.221. The molecular weight excluding hydrogens is 558 g/mol. The molecule has 1 aliphatic heterocycles. The van der Waals surface area contributed by atoms with E-state index in [9.17, 15) is 4.79 Å². The largest absolute Gasteiger partial charge is 0.495 e. The molecule has 0 aromatic heterocycles. The van der Waals surface area contributed by atoms with Gasteiger partial charge in [-0.15, -0.1) is 0 Å². The SMILES string of the molecule is COc1ccccc1N1C(=O)/C(=C\c2cc(Br)c(OCc3ccccc3Cl)c(OC)c2)SC1=S. The molecule has 0 saturated carbocycles. The zero-order chi connectivity index (χ0) is 24.2. The molecule has 3 aromatic rings. The van der Waals surface area contributed by atoms with Gasteiger partial charge in [0.2, 0.25) is 0 Å². The van der Waals surface area contributed by atoms with Crippen molar-refractivity contribution in [3.63, 3.8) is 0 Å². The monoisotopic (exact) mass is 575 g/mol. The van der Waals surface area contributed by atoms with Crippen LogP contribution in [0.5, 0.6) is 17.2 Å². The fourth-order valence-electron chi connectivity index (χ4n) is 3.37. The molecule has 1 fully saturated rings. The predicted molar refractivity (Wildman–Crippen MR) is 145 cm³/mol. The highest BCUT2D eigenvalue weighted by molar-refractivity contribution is 9.10. The number of para-hydroxylation sites is 2. The minimum absolute atomic E-state index is 0.214. The molecule has 4 rings (SSSR count). The minimum Gasteiger partial charge on any atom is -0.495 e. The number of rotatable bonds is 7. The number of hydrogen-bond acceptors (Lipinski definition) is 6. The van der Waals surface area contributed by atoms with Crippen molar-refractivity contribution in [3.05, 3.63) is 86.2 Å². The van der Waals surface area contributed by atoms with Gasteiger partial charge in [0.05, 0.1) is 29.3 Å². The summed E-state index contributed by atoms with van der Waals surface area (Å²) in [7, 11) is 3.13. The third-order valence-corrected chi connectivity index (χ3v) is 7.26. The number of amides is 1. The normalized spacial score (nSPS) is 14.6. The number of methoxy groups -OCH3 is 2. The number of thiocarbonyl (C=S) groups is 1. The Morgan fingerprint density at radius 1 is 1.06 bits per heavy atom. The molecule has 0 N–H and O–H groups in total. The average molecular weight is 577 g/mol. The van der Waals surface area contributed by atoms with Crippen LogP contribution in [0.25, 0.3) is 6.08 Å². The van der Waals surface area contributed by atoms with Crippen molar-refractivity contribution in [2.45, 2.75) is 6.61 Å². The Hall–Kier alpha value is -2.52. The van der Waals surface area contributed by atoms with Crippen LogP contribution in [0.1, 0.15) is 11.1 Å². The van der Waals surface area contributed by atoms with Crippen LogP contribution in [0.3, 0.4) is 0 Å². The van der Waals surface area contributed by atoms with Gasteiger partial charge in [-0.3, -0.25) is 9.69 Å². The van der Waals surface area contributed by atoms with E-state index in [1.165, 1.54) is 16.7 Å². The maximum atomic E-state index is 13.2. The molecule has 0 atom stereocenters. The smallest absolute Gasteiger partial charge is 0.270 e. The van der Waals surface area contributed by atoms with Crippen molar-refractivity contribution in [2.24, 2.45) is 0 Å². The highest BCUT2D eigenvalue weighted by atomic mass is 79.9. The molecule has 0 spiro atoms. The van der Waals surface area contributed by atoms with E-state index >= 15 is 0 Å². The van der Waals surface area contributed by atoms with Crippen molar-refractivity contribution >= 4 is 73.5 Å². The van der Waals surface area contributed by atoms with Gasteiger partial charge < -0.3 is 14.2 Å². The summed E-state index contributed by atoms with van der Waals surface area (Å²) in [4.78, 5) is 15.2. The second kappa shape index (κ2) is 10.8. The number of thioether (sulfide) groups is 1. The van der Waals surface area contributed by atoms with Crippen molar-refractivity contribution in [1.82, 2.24) is 0 Å². The lowest BCUT2D eigenvalue weighted by Gasteiger charge is -2.17. The number of nitrogens with zero attached hydrogens (tertiary/aromatic N) is 1. The van der Waals surface area contributed by atoms with E-state index in [1.807, 2.05) is 48.5 Å². The van der Waals surface area contributed by atoms with Gasteiger partial charge in [-0.25, -0.2) is 0 Å². The molecule has 34 heavy (non-hydrogen) atoms. The number of anilines is 1. The van der Waals surface area contributed by atoms with Crippen molar-refractivity contribution in [2.75, 3.05) is 19.1 Å². The first-order chi connectivity index (χ1) is 16.4. The maximum Gasteiger partial charge on any atom is 0.270 e. The summed E-state index contributed by atoms with van der Waals surface area (Å²) in [5.74, 6) is 1.42. The third-order valence-electron chi connectivity index (χ3n) is 5.00. The Bertz CT molecular complexity index is 1300. The van der Waals surface area contributed by atoms with E-state index in [0.717, 1.165) is 11.1 Å². The second-order valence-corrected chi connectivity index (χ2v) is 10.0. The topological polar surface area (TPSA) is 48.0 Å². The van der Waals surface area contributed by atoms with Gasteiger partial charge in [0, 0.05) is 10.6 Å². The summed E-state index contributed by atoms with van der Waals surface area (Å²) in [6.45, 7) is 0.283. The molecule has 9 heteroatoms. The summed E-state index contributed by atoms with van der Waals surface area (Å²) < 4.78 is 18.1. The van der Waals surface area contributed by atoms with Gasteiger partial charge in [0.1, 0.15) is 12.4 Å². The van der Waals surface area contributed by atoms with Crippen LogP contribution in [-0.2, 0) is 11.4 Å². The Balaban J connectivity index is 1.60. The van der Waals surface area contributed by atoms with Gasteiger partial charge >= 0.3 is 0 Å². The molecule has 1 amide bonds. The summed E-state index contributed by atoms with van der Waals surface area (Å²) in [6.07, 6.45) is 1.78. The van der Waals surface area contributed by atoms with Gasteiger partial charge in [0.25, 0.3) is 5.91 Å². The second-order valence-electron chi connectivity index (χ2n) is 7.10. The molecule has 0 bridgehead atoms. The highest BCUT2D eigenvalue weighted by Crippen LogP contribution is 2.42. The Kier molecular flexibility index (Phi) is 7.83. The third kappa shape index (κ3) is 5.10. The van der Waals surface area contributed by atoms with Crippen LogP contribution in [0.4, 0.5) is 5.69 Å². The molecule has 0 aliphatic carbocycles. The van der Waals surface area contributed by atoms with Crippen LogP contribution in [0.2, 0.25) is 5.02 Å². The van der Waals surface area contributed by atoms with Crippen LogP contribution < -0.4 is 19.1 Å². The van der Waals surface area contributed by atoms with E-state index in [2.05, 4.69) is 15.9 Å². The molecule has 1 aliphatic rings. The molecular formula is C25H19BrClNO4S2. The van der Waals surface area contributed by atoms with Crippen molar-refractivity contribution in [1.29, 1.82) is 0 Å². The van der Waals surface area contributed by atoms with E-state index < -0.39 is 0 Å². The van der Waals surface area contributed by atoms with E-state index in [1.54, 1.807) is 32.4 Å². The number of benzene rings is 3. The molecule has 5 nitrogen and oxygen atoms in total. The van der Waals surface area contributed by atoms with Gasteiger partial charge in [-0.2, -0.15) is 0 Å². The number of carbonyl (C=O) groups is 1. The molecule has 1 heterocycles. The Morgan fingerprint density at radius 3 is 2.50 bits per heavy atom. The number of carbonyl (C=O) groups excluding carboxylic acids is 1. The van der Waals surface area contributed by atoms with Crippen LogP contribution in [0.15, 0.2) is 70.0 Å². The first-order valence-corrected chi connectivity index (χ1v) is 12.5. The van der Waals surface area contributed by atoms with E-state index in [4.69, 9.17) is 38.0 Å². The van der Waals surface area contributed by atoms with E-state index in [0.29, 0.717) is 41.7 Å². The average Bonchev–Trinajstić information content (AvgIpc) is 3.11. The number of halogens is 2. The zero-order valence-corrected chi connectivity index (χ0v) is 22.2. The highest BCUT2D eigenvalue weighted by Gasteiger charge is 2.35. The first-order valence-electron chi connectivity index (χ1n) is 10.1. The summed E-state index contributed by atoms with van der Waals surface area (Å²) in [6, 6.07) is 18.4. The summed E-state index contributed by atoms with van der Waals surface area (Å²) in [5, 5.41) is 0.631. The summed E-state index contributed by atoms with van der Waals surface area (Å²) >= 11 is 16.5. The molecule has 174 valence electrons. The maximum absolute atomic E-state index is 13.2. The van der Waals surface area contributed by atoms with E-state index in [-0.39, 0.29) is 12.5 Å². The molecule has 1 saturated heterocycles. The van der Waals surface area contributed by atoms with Gasteiger partial charge in [0.15, 0.2) is 15.8 Å². The van der Waals surface area contributed by atoms with Crippen LogP contribution in [-0.4, -0.2) is 24.4 Å². The Labute approximate surface area is 220 Å². The zero-order valence-electron chi connectivity index (χ0n) is 18.2. The van der Waals surface area contributed by atoms with Gasteiger partial charge in [-0.1, -0.05) is 65.9 Å². The standard InChI is InChI=1S/C25H19BrClNO4S2/c1-30-20-10-6-5-9-19(20)28-24(29)22(34-25(28)33)13-15-11-17(26)23(21(12-15)31-2)32-14-16-7-3-4-8-18(16)27/h3-13H,14H2,1-2H3/b22-13+. The Morgan fingerprint density at radius 2 is 1.76 bits per heavy atom. The van der Waals surface area contributed by atoms with Crippen LogP contribution in [0, 0.1) is 0 Å². The lowest BCUT2D eigenvalue weighted by Crippen LogP contribution is -2.27. The van der Waals surface area contributed by atoms with Crippen molar-refractivity contribution in [3.8, 4) is 17.2 Å². The number of ether oxygens (including phenoxy) is 3. The fourth-order valence-corrected chi connectivity index (χ4v) is 5.42. The van der Waals surface area contributed by atoms with Crippen LogP contribution >= 0.6 is 51.5 Å². The minimum atomic E-state index is -0.214. The predicted octanol–water partition coefficient (Wildman–Crippen LogP) is 7.10. The summed E-state index contributed by atoms with van der Waals surface area (Å²) in [5.41, 5.74) is 2.23. The lowest BCUT2D eigenvalue weighted by molar-refractivity contribution is -0.113. The molecule has 0 radical (unpaired) electrons. The fraction of sp³-hybridized carbons (Fsp3) is 0.120. The first kappa shape index (κ1) is 24.6. The molecule has 0 unspecified atom stereocenters. The van der Waals surface area contributed by atoms with Gasteiger partial charge in [-0.05, 0) is 57.9 Å². The number of hydrogen-bond donors (Lipinski definition) is 0. The lowest BCUT2D eigenvalue weighted by atomic mass is 10.1. The van der Waals surface area contributed by atoms with Crippen molar-refractivity contribution < 1.29 is 19.0 Å².